The molecule has 1 heterocycles. The zero-order valence-electron chi connectivity index (χ0n) is 12.9. The zero-order valence-corrected chi connectivity index (χ0v) is 12.9. The molecule has 0 bridgehead atoms. The van der Waals surface area contributed by atoms with Gasteiger partial charge in [-0.2, -0.15) is 0 Å². The monoisotopic (exact) mass is 274 g/mol. The molecule has 0 aliphatic carbocycles. The van der Waals surface area contributed by atoms with Crippen LogP contribution in [0.3, 0.4) is 0 Å². The quantitative estimate of drug-likeness (QED) is 0.898. The number of likely N-dealkylation sites (tertiary alicyclic amines) is 1. The Bertz CT molecular complexity index is 431. The Labute approximate surface area is 122 Å². The number of urea groups is 1. The summed E-state index contributed by atoms with van der Waals surface area (Å²) in [7, 11) is 0. The molecule has 2 atom stereocenters. The first-order chi connectivity index (χ1) is 9.58. The molecule has 1 N–H and O–H groups in total. The summed E-state index contributed by atoms with van der Waals surface area (Å²) in [6.07, 6.45) is 4.36. The van der Waals surface area contributed by atoms with Gasteiger partial charge in [0.05, 0.1) is 0 Å². The molecule has 1 aliphatic rings. The predicted octanol–water partition coefficient (Wildman–Crippen LogP) is 3.51. The summed E-state index contributed by atoms with van der Waals surface area (Å²) >= 11 is 0. The van der Waals surface area contributed by atoms with Crippen molar-refractivity contribution < 1.29 is 4.79 Å². The second kappa shape index (κ2) is 6.78. The molecule has 1 fully saturated rings. The van der Waals surface area contributed by atoms with E-state index in [0.717, 1.165) is 19.3 Å². The van der Waals surface area contributed by atoms with E-state index in [2.05, 4.69) is 50.4 Å². The molecule has 0 radical (unpaired) electrons. The third-order valence-corrected chi connectivity index (χ3v) is 4.24. The topological polar surface area (TPSA) is 32.3 Å². The molecule has 0 spiro atoms. The second-order valence-corrected chi connectivity index (χ2v) is 6.00. The van der Waals surface area contributed by atoms with Crippen molar-refractivity contribution >= 4 is 6.03 Å². The fourth-order valence-electron chi connectivity index (χ4n) is 2.98. The van der Waals surface area contributed by atoms with Crippen molar-refractivity contribution in [3.63, 3.8) is 0 Å². The minimum absolute atomic E-state index is 0.0943. The van der Waals surface area contributed by atoms with Gasteiger partial charge in [0.15, 0.2) is 0 Å². The van der Waals surface area contributed by atoms with Gasteiger partial charge in [-0.25, -0.2) is 4.79 Å². The van der Waals surface area contributed by atoms with E-state index in [1.165, 1.54) is 17.5 Å². The molecule has 20 heavy (non-hydrogen) atoms. The lowest BCUT2D eigenvalue weighted by Crippen LogP contribution is -2.52. The highest BCUT2D eigenvalue weighted by Gasteiger charge is 2.28. The third kappa shape index (κ3) is 3.75. The summed E-state index contributed by atoms with van der Waals surface area (Å²) < 4.78 is 0. The molecule has 0 aromatic heterocycles. The molecule has 1 aromatic carbocycles. The molecule has 1 aromatic rings. The van der Waals surface area contributed by atoms with Gasteiger partial charge >= 0.3 is 6.03 Å². The van der Waals surface area contributed by atoms with E-state index in [9.17, 15) is 4.79 Å². The number of piperidine rings is 1. The summed E-state index contributed by atoms with van der Waals surface area (Å²) in [5.74, 6) is 0. The minimum Gasteiger partial charge on any atom is -0.338 e. The van der Waals surface area contributed by atoms with Crippen LogP contribution in [0.25, 0.3) is 0 Å². The number of rotatable bonds is 3. The van der Waals surface area contributed by atoms with Gasteiger partial charge in [0.2, 0.25) is 0 Å². The van der Waals surface area contributed by atoms with E-state index in [1.54, 1.807) is 0 Å². The minimum atomic E-state index is 0.0943. The van der Waals surface area contributed by atoms with Gasteiger partial charge in [0, 0.05) is 18.6 Å². The molecular formula is C17H26N2O. The van der Waals surface area contributed by atoms with Crippen LogP contribution < -0.4 is 5.32 Å². The van der Waals surface area contributed by atoms with Gasteiger partial charge in [-0.1, -0.05) is 29.8 Å². The predicted molar refractivity (Wildman–Crippen MR) is 82.9 cm³/mol. The van der Waals surface area contributed by atoms with Crippen molar-refractivity contribution in [2.75, 3.05) is 6.54 Å². The summed E-state index contributed by atoms with van der Waals surface area (Å²) in [6.45, 7) is 7.09. The maximum absolute atomic E-state index is 12.3. The Morgan fingerprint density at radius 2 is 1.80 bits per heavy atom. The van der Waals surface area contributed by atoms with Gasteiger partial charge in [0.25, 0.3) is 0 Å². The van der Waals surface area contributed by atoms with E-state index in [0.29, 0.717) is 18.6 Å². The van der Waals surface area contributed by atoms with Gasteiger partial charge in [-0.15, -0.1) is 0 Å². The van der Waals surface area contributed by atoms with Gasteiger partial charge in [-0.05, 0) is 52.0 Å². The Kier molecular flexibility index (Phi) is 5.05. The van der Waals surface area contributed by atoms with Crippen molar-refractivity contribution in [2.24, 2.45) is 0 Å². The molecule has 2 amide bonds. The standard InChI is InChI=1S/C17H26N2O/c1-13-7-9-16(10-8-13)11-12-18-17(20)19-14(2)5-4-6-15(19)3/h7-10,14-15H,4-6,11-12H2,1-3H3,(H,18,20). The lowest BCUT2D eigenvalue weighted by Gasteiger charge is -2.38. The fraction of sp³-hybridized carbons (Fsp3) is 0.588. The highest BCUT2D eigenvalue weighted by atomic mass is 16.2. The molecule has 3 heteroatoms. The molecule has 2 rings (SSSR count). The van der Waals surface area contributed by atoms with Crippen molar-refractivity contribution in [3.05, 3.63) is 35.4 Å². The lowest BCUT2D eigenvalue weighted by molar-refractivity contribution is 0.123. The van der Waals surface area contributed by atoms with Crippen molar-refractivity contribution in [2.45, 2.75) is 58.5 Å². The molecule has 110 valence electrons. The molecule has 3 nitrogen and oxygen atoms in total. The number of nitrogens with zero attached hydrogens (tertiary/aromatic N) is 1. The number of hydrogen-bond donors (Lipinski definition) is 1. The van der Waals surface area contributed by atoms with Crippen LogP contribution in [0.4, 0.5) is 4.79 Å². The fourth-order valence-corrected chi connectivity index (χ4v) is 2.98. The van der Waals surface area contributed by atoms with Gasteiger partial charge in [0.1, 0.15) is 0 Å². The average Bonchev–Trinajstić information content (AvgIpc) is 2.41. The summed E-state index contributed by atoms with van der Waals surface area (Å²) in [5.41, 5.74) is 2.55. The lowest BCUT2D eigenvalue weighted by atomic mass is 9.98. The van der Waals surface area contributed by atoms with Crippen LogP contribution >= 0.6 is 0 Å². The molecular weight excluding hydrogens is 248 g/mol. The number of aryl methyl sites for hydroxylation is 1. The van der Waals surface area contributed by atoms with E-state index >= 15 is 0 Å². The Balaban J connectivity index is 1.81. The number of carbonyl (C=O) groups excluding carboxylic acids is 1. The van der Waals surface area contributed by atoms with Crippen LogP contribution in [-0.2, 0) is 6.42 Å². The van der Waals surface area contributed by atoms with Crippen LogP contribution in [0.15, 0.2) is 24.3 Å². The van der Waals surface area contributed by atoms with Crippen LogP contribution in [0.5, 0.6) is 0 Å². The number of nitrogens with one attached hydrogen (secondary N) is 1. The summed E-state index contributed by atoms with van der Waals surface area (Å²) in [5, 5.41) is 3.06. The van der Waals surface area contributed by atoms with Gasteiger partial charge in [-0.3, -0.25) is 0 Å². The zero-order chi connectivity index (χ0) is 14.5. The largest absolute Gasteiger partial charge is 0.338 e. The third-order valence-electron chi connectivity index (χ3n) is 4.24. The van der Waals surface area contributed by atoms with Crippen LogP contribution in [0, 0.1) is 6.92 Å². The van der Waals surface area contributed by atoms with E-state index in [4.69, 9.17) is 0 Å². The van der Waals surface area contributed by atoms with E-state index < -0.39 is 0 Å². The van der Waals surface area contributed by atoms with Crippen molar-refractivity contribution in [1.82, 2.24) is 10.2 Å². The molecule has 0 saturated carbocycles. The Hall–Kier alpha value is -1.51. The summed E-state index contributed by atoms with van der Waals surface area (Å²) in [6, 6.07) is 9.31. The first-order valence-electron chi connectivity index (χ1n) is 7.69. The summed E-state index contributed by atoms with van der Waals surface area (Å²) in [4.78, 5) is 14.3. The van der Waals surface area contributed by atoms with Crippen molar-refractivity contribution in [1.29, 1.82) is 0 Å². The number of carbonyl (C=O) groups is 1. The first-order valence-corrected chi connectivity index (χ1v) is 7.69. The smallest absolute Gasteiger partial charge is 0.317 e. The average molecular weight is 274 g/mol. The maximum atomic E-state index is 12.3. The SMILES string of the molecule is Cc1ccc(CCNC(=O)N2C(C)CCCC2C)cc1. The normalized spacial score (nSPS) is 22.6. The Morgan fingerprint density at radius 3 is 2.40 bits per heavy atom. The number of amides is 2. The highest BCUT2D eigenvalue weighted by Crippen LogP contribution is 2.22. The Morgan fingerprint density at radius 1 is 1.20 bits per heavy atom. The first kappa shape index (κ1) is 14.9. The van der Waals surface area contributed by atoms with Crippen LogP contribution in [-0.4, -0.2) is 29.6 Å². The second-order valence-electron chi connectivity index (χ2n) is 6.00. The highest BCUT2D eigenvalue weighted by molar-refractivity contribution is 5.75. The molecule has 1 aliphatic heterocycles. The van der Waals surface area contributed by atoms with Crippen LogP contribution in [0.1, 0.15) is 44.2 Å². The molecule has 1 saturated heterocycles. The van der Waals surface area contributed by atoms with Gasteiger partial charge < -0.3 is 10.2 Å². The van der Waals surface area contributed by atoms with Crippen molar-refractivity contribution in [3.8, 4) is 0 Å². The maximum Gasteiger partial charge on any atom is 0.317 e. The number of hydrogen-bond acceptors (Lipinski definition) is 1. The van der Waals surface area contributed by atoms with E-state index in [-0.39, 0.29) is 6.03 Å². The van der Waals surface area contributed by atoms with Crippen LogP contribution in [0.2, 0.25) is 0 Å². The van der Waals surface area contributed by atoms with E-state index in [1.807, 2.05) is 4.90 Å². The molecule has 2 unspecified atom stereocenters. The number of benzene rings is 1.